The Kier molecular flexibility index (Phi) is 2.66. The van der Waals surface area contributed by atoms with E-state index >= 15 is 0 Å². The molecule has 1 spiro atoms. The van der Waals surface area contributed by atoms with Gasteiger partial charge in [0.15, 0.2) is 0 Å². The van der Waals surface area contributed by atoms with Gasteiger partial charge in [-0.25, -0.2) is 0 Å². The minimum atomic E-state index is -0.266. The van der Waals surface area contributed by atoms with Crippen molar-refractivity contribution in [3.63, 3.8) is 0 Å². The van der Waals surface area contributed by atoms with Crippen LogP contribution in [0.15, 0.2) is 24.3 Å². The third-order valence-electron chi connectivity index (χ3n) is 4.78. The third kappa shape index (κ3) is 1.79. The molecule has 2 aliphatic heterocycles. The lowest BCUT2D eigenvalue weighted by atomic mass is 10.1. The summed E-state index contributed by atoms with van der Waals surface area (Å²) in [6, 6.07) is 8.71. The molecule has 1 aliphatic carbocycles. The molecule has 0 radical (unpaired) electrons. The van der Waals surface area contributed by atoms with E-state index in [2.05, 4.69) is 36.5 Å². The summed E-state index contributed by atoms with van der Waals surface area (Å²) in [7, 11) is 0. The zero-order valence-electron chi connectivity index (χ0n) is 11.8. The van der Waals surface area contributed by atoms with Crippen LogP contribution in [0.5, 0.6) is 0 Å². The topological polar surface area (TPSA) is 41.6 Å². The molecule has 3 aliphatic rings. The Morgan fingerprint density at radius 3 is 2.65 bits per heavy atom. The van der Waals surface area contributed by atoms with Crippen molar-refractivity contribution in [1.82, 2.24) is 10.2 Å². The molecule has 2 atom stereocenters. The maximum Gasteiger partial charge on any atom is 0.244 e. The molecule has 1 aromatic carbocycles. The Hall–Kier alpha value is -1.39. The highest BCUT2D eigenvalue weighted by atomic mass is 16.5. The molecule has 1 amide bonds. The first-order chi connectivity index (χ1) is 9.70. The highest BCUT2D eigenvalue weighted by Crippen LogP contribution is 2.47. The van der Waals surface area contributed by atoms with Crippen LogP contribution >= 0.6 is 0 Å². The van der Waals surface area contributed by atoms with Gasteiger partial charge in [-0.3, -0.25) is 10.1 Å². The Bertz CT molecular complexity index is 530. The van der Waals surface area contributed by atoms with Gasteiger partial charge in [0.2, 0.25) is 5.91 Å². The monoisotopic (exact) mass is 272 g/mol. The van der Waals surface area contributed by atoms with Gasteiger partial charge in [-0.15, -0.1) is 0 Å². The highest BCUT2D eigenvalue weighted by Gasteiger charge is 2.60. The smallest absolute Gasteiger partial charge is 0.244 e. The van der Waals surface area contributed by atoms with Crippen LogP contribution in [0.3, 0.4) is 0 Å². The lowest BCUT2D eigenvalue weighted by molar-refractivity contribution is -0.133. The maximum absolute atomic E-state index is 12.7. The van der Waals surface area contributed by atoms with Crippen LogP contribution in [0.2, 0.25) is 0 Å². The summed E-state index contributed by atoms with van der Waals surface area (Å²) in [6.45, 7) is 3.52. The van der Waals surface area contributed by atoms with Crippen molar-refractivity contribution in [2.24, 2.45) is 0 Å². The predicted octanol–water partition coefficient (Wildman–Crippen LogP) is 1.75. The van der Waals surface area contributed by atoms with Crippen molar-refractivity contribution in [3.8, 4) is 0 Å². The lowest BCUT2D eigenvalue weighted by Crippen LogP contribution is -2.40. The Morgan fingerprint density at radius 1 is 1.30 bits per heavy atom. The van der Waals surface area contributed by atoms with E-state index in [4.69, 9.17) is 4.74 Å². The molecule has 2 heterocycles. The number of hydrogen-bond acceptors (Lipinski definition) is 3. The van der Waals surface area contributed by atoms with E-state index < -0.39 is 0 Å². The van der Waals surface area contributed by atoms with Gasteiger partial charge in [0.1, 0.15) is 11.7 Å². The summed E-state index contributed by atoms with van der Waals surface area (Å²) < 4.78 is 5.49. The first kappa shape index (κ1) is 12.4. The number of aryl methyl sites for hydroxylation is 1. The van der Waals surface area contributed by atoms with E-state index in [9.17, 15) is 4.79 Å². The van der Waals surface area contributed by atoms with Crippen LogP contribution in [0.25, 0.3) is 0 Å². The van der Waals surface area contributed by atoms with E-state index in [0.717, 1.165) is 25.9 Å². The molecule has 4 rings (SSSR count). The van der Waals surface area contributed by atoms with Gasteiger partial charge in [0.25, 0.3) is 0 Å². The first-order valence-corrected chi connectivity index (χ1v) is 7.44. The molecule has 4 nitrogen and oxygen atoms in total. The van der Waals surface area contributed by atoms with Crippen molar-refractivity contribution >= 4 is 5.91 Å². The summed E-state index contributed by atoms with van der Waals surface area (Å²) in [5.74, 6) is 0.276. The molecule has 0 bridgehead atoms. The second-order valence-electron chi connectivity index (χ2n) is 6.27. The Labute approximate surface area is 119 Å². The fourth-order valence-electron chi connectivity index (χ4n) is 3.35. The number of rotatable bonds is 2. The van der Waals surface area contributed by atoms with E-state index in [1.54, 1.807) is 0 Å². The van der Waals surface area contributed by atoms with Gasteiger partial charge >= 0.3 is 0 Å². The van der Waals surface area contributed by atoms with Gasteiger partial charge in [-0.05, 0) is 31.7 Å². The summed E-state index contributed by atoms with van der Waals surface area (Å²) in [4.78, 5) is 14.8. The van der Waals surface area contributed by atoms with Gasteiger partial charge in [-0.1, -0.05) is 29.8 Å². The van der Waals surface area contributed by atoms with Crippen molar-refractivity contribution in [3.05, 3.63) is 35.4 Å². The number of amides is 1. The predicted molar refractivity (Wildman–Crippen MR) is 75.1 cm³/mol. The van der Waals surface area contributed by atoms with Crippen molar-refractivity contribution in [2.75, 3.05) is 13.2 Å². The number of hydrogen-bond donors (Lipinski definition) is 1. The van der Waals surface area contributed by atoms with Crippen molar-refractivity contribution in [1.29, 1.82) is 0 Å². The van der Waals surface area contributed by atoms with Crippen LogP contribution in [-0.2, 0) is 9.53 Å². The standard InChI is InChI=1S/C16H20N2O2/c1-11-2-4-12(5-3-11)14-17-16(7-8-16)15(19)18(14)13-6-9-20-10-13/h2-5,13-14,17H,6-10H2,1H3. The molecule has 1 saturated carbocycles. The number of benzene rings is 1. The van der Waals surface area contributed by atoms with Gasteiger partial charge in [0, 0.05) is 6.61 Å². The van der Waals surface area contributed by atoms with E-state index in [1.807, 2.05) is 4.90 Å². The molecule has 2 unspecified atom stereocenters. The molecule has 20 heavy (non-hydrogen) atoms. The van der Waals surface area contributed by atoms with Crippen LogP contribution in [0.4, 0.5) is 0 Å². The van der Waals surface area contributed by atoms with Crippen LogP contribution in [0.1, 0.15) is 36.6 Å². The summed E-state index contributed by atoms with van der Waals surface area (Å²) >= 11 is 0. The fraction of sp³-hybridized carbons (Fsp3) is 0.562. The quantitative estimate of drug-likeness (QED) is 0.892. The van der Waals surface area contributed by atoms with Crippen LogP contribution < -0.4 is 5.32 Å². The normalized spacial score (nSPS) is 31.2. The van der Waals surface area contributed by atoms with Crippen LogP contribution in [-0.4, -0.2) is 35.6 Å². The largest absolute Gasteiger partial charge is 0.379 e. The number of nitrogens with one attached hydrogen (secondary N) is 1. The third-order valence-corrected chi connectivity index (χ3v) is 4.78. The average Bonchev–Trinajstić information content (AvgIpc) is 2.91. The van der Waals surface area contributed by atoms with E-state index in [-0.39, 0.29) is 23.7 Å². The average molecular weight is 272 g/mol. The molecule has 106 valence electrons. The second-order valence-corrected chi connectivity index (χ2v) is 6.27. The SMILES string of the molecule is Cc1ccc(C2NC3(CC3)C(=O)N2C2CCOC2)cc1. The molecule has 1 N–H and O–H groups in total. The molecule has 1 aromatic rings. The van der Waals surface area contributed by atoms with E-state index in [1.165, 1.54) is 11.1 Å². The molecule has 3 fully saturated rings. The van der Waals surface area contributed by atoms with Crippen molar-refractivity contribution < 1.29 is 9.53 Å². The minimum absolute atomic E-state index is 0.0114. The van der Waals surface area contributed by atoms with Gasteiger partial charge in [0.05, 0.1) is 12.6 Å². The minimum Gasteiger partial charge on any atom is -0.379 e. The Morgan fingerprint density at radius 2 is 2.05 bits per heavy atom. The molecular formula is C16H20N2O2. The second kappa shape index (κ2) is 4.30. The molecular weight excluding hydrogens is 252 g/mol. The molecule has 0 aromatic heterocycles. The maximum atomic E-state index is 12.7. The summed E-state index contributed by atoms with van der Waals surface area (Å²) in [5.41, 5.74) is 2.16. The van der Waals surface area contributed by atoms with Crippen LogP contribution in [0, 0.1) is 6.92 Å². The molecule has 4 heteroatoms. The summed E-state index contributed by atoms with van der Waals surface area (Å²) in [6.07, 6.45) is 2.90. The zero-order valence-corrected chi connectivity index (χ0v) is 11.8. The lowest BCUT2D eigenvalue weighted by Gasteiger charge is -2.29. The fourth-order valence-corrected chi connectivity index (χ4v) is 3.35. The van der Waals surface area contributed by atoms with Crippen molar-refractivity contribution in [2.45, 2.75) is 43.9 Å². The van der Waals surface area contributed by atoms with Gasteiger partial charge < -0.3 is 9.64 Å². The van der Waals surface area contributed by atoms with E-state index in [0.29, 0.717) is 6.61 Å². The first-order valence-electron chi connectivity index (χ1n) is 7.44. The number of carbonyl (C=O) groups excluding carboxylic acids is 1. The van der Waals surface area contributed by atoms with Gasteiger partial charge in [-0.2, -0.15) is 0 Å². The summed E-state index contributed by atoms with van der Waals surface area (Å²) in [5, 5.41) is 3.57. The zero-order chi connectivity index (χ0) is 13.7. The Balaban J connectivity index is 1.68. The molecule has 2 saturated heterocycles. The number of nitrogens with zero attached hydrogens (tertiary/aromatic N) is 1. The number of ether oxygens (including phenoxy) is 1. The highest BCUT2D eigenvalue weighted by molar-refractivity contribution is 5.92. The number of carbonyl (C=O) groups is 1.